The van der Waals surface area contributed by atoms with Crippen molar-refractivity contribution in [1.29, 1.82) is 0 Å². The zero-order chi connectivity index (χ0) is 17.7. The van der Waals surface area contributed by atoms with Crippen LogP contribution in [0.4, 0.5) is 13.2 Å². The Labute approximate surface area is 138 Å². The summed E-state index contributed by atoms with van der Waals surface area (Å²) in [5.41, 5.74) is 2.07. The first-order valence-corrected chi connectivity index (χ1v) is 8.25. The van der Waals surface area contributed by atoms with Gasteiger partial charge in [0.05, 0.1) is 0 Å². The van der Waals surface area contributed by atoms with Crippen LogP contribution in [0.3, 0.4) is 0 Å². The molecule has 0 saturated carbocycles. The van der Waals surface area contributed by atoms with E-state index in [0.717, 1.165) is 31.2 Å². The Morgan fingerprint density at radius 2 is 1.13 bits per heavy atom. The third-order valence-electron chi connectivity index (χ3n) is 2.97. The molecule has 0 radical (unpaired) electrons. The predicted molar refractivity (Wildman–Crippen MR) is 92.1 cm³/mol. The molecule has 0 heterocycles. The Balaban J connectivity index is 0.000000381. The second-order valence-electron chi connectivity index (χ2n) is 4.87. The second kappa shape index (κ2) is 12.7. The van der Waals surface area contributed by atoms with Crippen molar-refractivity contribution in [2.24, 2.45) is 0 Å². The van der Waals surface area contributed by atoms with E-state index in [9.17, 15) is 13.2 Å². The Morgan fingerprint density at radius 1 is 0.652 bits per heavy atom. The minimum absolute atomic E-state index is 0.153. The van der Waals surface area contributed by atoms with Crippen molar-refractivity contribution in [3.63, 3.8) is 0 Å². The van der Waals surface area contributed by atoms with E-state index in [0.29, 0.717) is 0 Å². The molecule has 0 saturated heterocycles. The van der Waals surface area contributed by atoms with Crippen molar-refractivity contribution in [2.45, 2.75) is 53.4 Å². The summed E-state index contributed by atoms with van der Waals surface area (Å²) in [6.45, 7) is 8.12. The third kappa shape index (κ3) is 9.07. The van der Waals surface area contributed by atoms with Crippen LogP contribution in [0.5, 0.6) is 0 Å². The van der Waals surface area contributed by atoms with Gasteiger partial charge in [-0.05, 0) is 48.2 Å². The molecule has 0 aromatic heterocycles. The minimum atomic E-state index is -0.773. The van der Waals surface area contributed by atoms with Crippen LogP contribution >= 0.6 is 0 Å². The van der Waals surface area contributed by atoms with E-state index in [4.69, 9.17) is 0 Å². The van der Waals surface area contributed by atoms with E-state index in [1.54, 1.807) is 6.07 Å². The van der Waals surface area contributed by atoms with Crippen LogP contribution in [0, 0.1) is 17.5 Å². The largest absolute Gasteiger partial charge is 0.207 e. The van der Waals surface area contributed by atoms with E-state index in [2.05, 4.69) is 6.92 Å². The van der Waals surface area contributed by atoms with Crippen LogP contribution in [-0.4, -0.2) is 0 Å². The molecular formula is C20H27F3. The van der Waals surface area contributed by atoms with E-state index >= 15 is 0 Å². The fourth-order valence-electron chi connectivity index (χ4n) is 1.92. The van der Waals surface area contributed by atoms with Gasteiger partial charge in [0.25, 0.3) is 0 Å². The maximum atomic E-state index is 12.5. The van der Waals surface area contributed by atoms with Gasteiger partial charge in [0.1, 0.15) is 5.82 Å². The lowest BCUT2D eigenvalue weighted by Crippen LogP contribution is -1.88. The van der Waals surface area contributed by atoms with E-state index in [1.165, 1.54) is 29.8 Å². The van der Waals surface area contributed by atoms with Gasteiger partial charge in [-0.3, -0.25) is 0 Å². The van der Waals surface area contributed by atoms with Crippen LogP contribution in [0.25, 0.3) is 0 Å². The third-order valence-corrected chi connectivity index (χ3v) is 2.97. The number of rotatable bonds is 4. The first-order valence-electron chi connectivity index (χ1n) is 8.25. The summed E-state index contributed by atoms with van der Waals surface area (Å²) >= 11 is 0. The van der Waals surface area contributed by atoms with Gasteiger partial charge in [0, 0.05) is 0 Å². The average Bonchev–Trinajstić information content (AvgIpc) is 2.56. The maximum absolute atomic E-state index is 12.5. The summed E-state index contributed by atoms with van der Waals surface area (Å²) in [6, 6.07) is 10.7. The highest BCUT2D eigenvalue weighted by Gasteiger charge is 2.00. The van der Waals surface area contributed by atoms with Crippen molar-refractivity contribution in [3.05, 3.63) is 71.0 Å². The van der Waals surface area contributed by atoms with Crippen LogP contribution in [0.15, 0.2) is 42.5 Å². The SMILES string of the molecule is CC.CCCc1ccc(F)c(F)c1.CCCc1ccc(F)cc1. The molecule has 0 aliphatic carbocycles. The molecule has 0 aliphatic heterocycles. The molecule has 0 amide bonds. The molecule has 3 heteroatoms. The molecule has 0 bridgehead atoms. The first-order chi connectivity index (χ1) is 11.1. The zero-order valence-electron chi connectivity index (χ0n) is 14.5. The van der Waals surface area contributed by atoms with Crippen LogP contribution in [0.1, 0.15) is 51.7 Å². The summed E-state index contributed by atoms with van der Waals surface area (Å²) in [4.78, 5) is 0. The Bertz CT molecular complexity index is 533. The summed E-state index contributed by atoms with van der Waals surface area (Å²) < 4.78 is 37.2. The molecule has 2 aromatic carbocycles. The summed E-state index contributed by atoms with van der Waals surface area (Å²) in [5, 5.41) is 0. The molecule has 2 rings (SSSR count). The van der Waals surface area contributed by atoms with Gasteiger partial charge in [-0.1, -0.05) is 58.7 Å². The molecule has 0 unspecified atom stereocenters. The lowest BCUT2D eigenvalue weighted by molar-refractivity contribution is 0.507. The van der Waals surface area contributed by atoms with Crippen LogP contribution < -0.4 is 0 Å². The molecule has 0 N–H and O–H groups in total. The fraction of sp³-hybridized carbons (Fsp3) is 0.400. The minimum Gasteiger partial charge on any atom is -0.207 e. The predicted octanol–water partition coefficient (Wildman–Crippen LogP) is 6.72. The van der Waals surface area contributed by atoms with Gasteiger partial charge in [-0.2, -0.15) is 0 Å². The average molecular weight is 324 g/mol. The van der Waals surface area contributed by atoms with Crippen LogP contribution in [-0.2, 0) is 12.8 Å². The fourth-order valence-corrected chi connectivity index (χ4v) is 1.92. The molecule has 0 atom stereocenters. The van der Waals surface area contributed by atoms with Crippen molar-refractivity contribution in [2.75, 3.05) is 0 Å². The van der Waals surface area contributed by atoms with Gasteiger partial charge >= 0.3 is 0 Å². The molecule has 23 heavy (non-hydrogen) atoms. The molecule has 2 aromatic rings. The van der Waals surface area contributed by atoms with E-state index < -0.39 is 11.6 Å². The molecule has 0 spiro atoms. The molecule has 0 fully saturated rings. The molecular weight excluding hydrogens is 297 g/mol. The summed E-state index contributed by atoms with van der Waals surface area (Å²) in [7, 11) is 0. The standard InChI is InChI=1S/C9H10F2.C9H11F.C2H6/c1-2-3-7-4-5-8(10)9(11)6-7;1-2-3-8-4-6-9(10)7-5-8;1-2/h4-6H,2-3H2,1H3;4-7H,2-3H2,1H3;1-2H3. The normalized spacial score (nSPS) is 9.35. The molecule has 0 nitrogen and oxygen atoms in total. The topological polar surface area (TPSA) is 0 Å². The first kappa shape index (κ1) is 21.2. The smallest absolute Gasteiger partial charge is 0.159 e. The molecule has 128 valence electrons. The van der Waals surface area contributed by atoms with Crippen molar-refractivity contribution in [1.82, 2.24) is 0 Å². The quantitative estimate of drug-likeness (QED) is 0.585. The number of benzene rings is 2. The van der Waals surface area contributed by atoms with Crippen molar-refractivity contribution >= 4 is 0 Å². The van der Waals surface area contributed by atoms with Crippen molar-refractivity contribution in [3.8, 4) is 0 Å². The van der Waals surface area contributed by atoms with Gasteiger partial charge in [0.2, 0.25) is 0 Å². The highest BCUT2D eigenvalue weighted by atomic mass is 19.2. The summed E-state index contributed by atoms with van der Waals surface area (Å²) in [5.74, 6) is -1.68. The highest BCUT2D eigenvalue weighted by Crippen LogP contribution is 2.09. The lowest BCUT2D eigenvalue weighted by atomic mass is 10.1. The monoisotopic (exact) mass is 324 g/mol. The van der Waals surface area contributed by atoms with Crippen LogP contribution in [0.2, 0.25) is 0 Å². The Kier molecular flexibility index (Phi) is 11.8. The van der Waals surface area contributed by atoms with Gasteiger partial charge < -0.3 is 0 Å². The lowest BCUT2D eigenvalue weighted by Gasteiger charge is -1.98. The van der Waals surface area contributed by atoms with E-state index in [-0.39, 0.29) is 5.82 Å². The number of hydrogen-bond acceptors (Lipinski definition) is 0. The zero-order valence-corrected chi connectivity index (χ0v) is 14.5. The number of halogens is 3. The maximum Gasteiger partial charge on any atom is 0.159 e. The second-order valence-corrected chi connectivity index (χ2v) is 4.87. The van der Waals surface area contributed by atoms with Gasteiger partial charge in [0.15, 0.2) is 11.6 Å². The molecule has 0 aliphatic rings. The Hall–Kier alpha value is -1.77. The van der Waals surface area contributed by atoms with Gasteiger partial charge in [-0.15, -0.1) is 0 Å². The Morgan fingerprint density at radius 3 is 1.61 bits per heavy atom. The number of hydrogen-bond donors (Lipinski definition) is 0. The van der Waals surface area contributed by atoms with E-state index in [1.807, 2.05) is 32.9 Å². The summed E-state index contributed by atoms with van der Waals surface area (Å²) in [6.07, 6.45) is 3.91. The van der Waals surface area contributed by atoms with Gasteiger partial charge in [-0.25, -0.2) is 13.2 Å². The highest BCUT2D eigenvalue weighted by molar-refractivity contribution is 5.17. The number of aryl methyl sites for hydroxylation is 2. The van der Waals surface area contributed by atoms with Crippen molar-refractivity contribution < 1.29 is 13.2 Å².